The average Bonchev–Trinajstić information content (AvgIpc) is 2.70. The molecule has 1 aromatic carbocycles. The summed E-state index contributed by atoms with van der Waals surface area (Å²) in [5.41, 5.74) is 0.321. The van der Waals surface area contributed by atoms with Gasteiger partial charge in [-0.2, -0.15) is 0 Å². The van der Waals surface area contributed by atoms with E-state index in [1.165, 1.54) is 0 Å². The van der Waals surface area contributed by atoms with Crippen LogP contribution in [0.2, 0.25) is 0 Å². The summed E-state index contributed by atoms with van der Waals surface area (Å²) in [7, 11) is 0. The van der Waals surface area contributed by atoms with Gasteiger partial charge in [0, 0.05) is 0 Å². The summed E-state index contributed by atoms with van der Waals surface area (Å²) < 4.78 is 7.62. The van der Waals surface area contributed by atoms with E-state index in [2.05, 4.69) is 50.3 Å². The first-order valence-corrected chi connectivity index (χ1v) is 15.1. The summed E-state index contributed by atoms with van der Waals surface area (Å²) in [4.78, 5) is 13.3. The molecular weight excluding hydrogens is 482 g/mol. The zero-order valence-electron chi connectivity index (χ0n) is 18.3. The second-order valence-electron chi connectivity index (χ2n) is 8.21. The molecule has 0 spiro atoms. The van der Waals surface area contributed by atoms with Gasteiger partial charge in [-0.3, -0.25) is 0 Å². The number of hydrogen-bond acceptors (Lipinski definition) is 3. The summed E-state index contributed by atoms with van der Waals surface area (Å²) in [5.74, 6) is -0.285. The SMILES string of the molecule is CCCCP(CCCC)(CCCC)(CCCC)OC(=O)c1cc(I)ccc1O. The molecule has 0 radical (unpaired) electrons. The van der Waals surface area contributed by atoms with Gasteiger partial charge < -0.3 is 0 Å². The maximum atomic E-state index is 13.3. The minimum atomic E-state index is -2.68. The van der Waals surface area contributed by atoms with Crippen LogP contribution in [0.15, 0.2) is 18.2 Å². The Kier molecular flexibility index (Phi) is 11.3. The third kappa shape index (κ3) is 7.16. The number of benzene rings is 1. The number of carbonyl (C=O) groups is 1. The molecular formula is C23H40IO3P. The fraction of sp³-hybridized carbons (Fsp3) is 0.696. The quantitative estimate of drug-likeness (QED) is 0.200. The van der Waals surface area contributed by atoms with E-state index in [0.29, 0.717) is 5.56 Å². The van der Waals surface area contributed by atoms with Crippen LogP contribution >= 0.6 is 29.4 Å². The summed E-state index contributed by atoms with van der Waals surface area (Å²) in [5, 5.41) is 10.3. The van der Waals surface area contributed by atoms with Crippen molar-refractivity contribution in [2.75, 3.05) is 24.6 Å². The molecule has 0 heterocycles. The third-order valence-electron chi connectivity index (χ3n) is 5.83. The Labute approximate surface area is 186 Å². The van der Waals surface area contributed by atoms with Gasteiger partial charge in [0.05, 0.1) is 0 Å². The summed E-state index contributed by atoms with van der Waals surface area (Å²) in [6.07, 6.45) is 13.1. The number of phenols is 1. The van der Waals surface area contributed by atoms with Crippen molar-refractivity contribution in [3.8, 4) is 5.75 Å². The van der Waals surface area contributed by atoms with Crippen molar-refractivity contribution in [1.29, 1.82) is 0 Å². The molecule has 0 aliphatic carbocycles. The molecule has 0 aliphatic heterocycles. The van der Waals surface area contributed by atoms with Crippen LogP contribution < -0.4 is 0 Å². The average molecular weight is 522 g/mol. The molecule has 0 aromatic heterocycles. The number of halogens is 1. The molecule has 5 heteroatoms. The molecule has 0 saturated carbocycles. The van der Waals surface area contributed by atoms with E-state index in [1.807, 2.05) is 6.07 Å². The van der Waals surface area contributed by atoms with Crippen LogP contribution in [0.4, 0.5) is 0 Å². The molecule has 1 aromatic rings. The predicted molar refractivity (Wildman–Crippen MR) is 132 cm³/mol. The minimum absolute atomic E-state index is 0.0268. The van der Waals surface area contributed by atoms with E-state index in [-0.39, 0.29) is 11.7 Å². The molecule has 1 rings (SSSR count). The van der Waals surface area contributed by atoms with Crippen molar-refractivity contribution >= 4 is 35.4 Å². The van der Waals surface area contributed by atoms with Gasteiger partial charge in [0.2, 0.25) is 0 Å². The van der Waals surface area contributed by atoms with Gasteiger partial charge >= 0.3 is 187 Å². The van der Waals surface area contributed by atoms with Crippen LogP contribution in [-0.4, -0.2) is 35.7 Å². The predicted octanol–water partition coefficient (Wildman–Crippen LogP) is 7.82. The van der Waals surface area contributed by atoms with Gasteiger partial charge in [-0.05, 0) is 0 Å². The molecule has 0 bridgehead atoms. The molecule has 0 amide bonds. The number of carbonyl (C=O) groups excluding carboxylic acids is 1. The molecule has 0 saturated heterocycles. The number of unbranched alkanes of at least 4 members (excludes halogenated alkanes) is 4. The molecule has 0 unspecified atom stereocenters. The second-order valence-corrected chi connectivity index (χ2v) is 15.1. The number of hydrogen-bond donors (Lipinski definition) is 1. The first-order valence-electron chi connectivity index (χ1n) is 11.1. The Morgan fingerprint density at radius 1 is 0.893 bits per heavy atom. The van der Waals surface area contributed by atoms with Gasteiger partial charge in [-0.25, -0.2) is 0 Å². The van der Waals surface area contributed by atoms with E-state index in [9.17, 15) is 9.90 Å². The second kappa shape index (κ2) is 12.4. The Morgan fingerprint density at radius 2 is 1.32 bits per heavy atom. The van der Waals surface area contributed by atoms with E-state index < -0.39 is 6.83 Å². The number of rotatable bonds is 14. The van der Waals surface area contributed by atoms with Gasteiger partial charge in [0.15, 0.2) is 0 Å². The Hall–Kier alpha value is -0.350. The van der Waals surface area contributed by atoms with Crippen LogP contribution in [-0.2, 0) is 4.52 Å². The summed E-state index contributed by atoms with van der Waals surface area (Å²) >= 11 is 2.18. The van der Waals surface area contributed by atoms with Gasteiger partial charge in [-0.15, -0.1) is 0 Å². The third-order valence-corrected chi connectivity index (χ3v) is 13.0. The van der Waals surface area contributed by atoms with E-state index >= 15 is 0 Å². The fourth-order valence-corrected chi connectivity index (χ4v) is 11.3. The Morgan fingerprint density at radius 3 is 1.71 bits per heavy atom. The van der Waals surface area contributed by atoms with Crippen molar-refractivity contribution < 1.29 is 14.4 Å². The van der Waals surface area contributed by atoms with Gasteiger partial charge in [0.1, 0.15) is 0 Å². The molecule has 1 N–H and O–H groups in total. The van der Waals surface area contributed by atoms with Crippen LogP contribution in [0.25, 0.3) is 0 Å². The number of aromatic hydroxyl groups is 1. The standard InChI is InChI=1S/C23H40IO3P/c1-5-9-15-28(16-10-6-2,17-11-7-3,18-12-8-4)27-23(26)21-19-20(24)13-14-22(21)25/h13-14,19,25H,5-12,15-18H2,1-4H3. The molecule has 28 heavy (non-hydrogen) atoms. The summed E-state index contributed by atoms with van der Waals surface area (Å²) in [6, 6.07) is 5.17. The molecule has 3 nitrogen and oxygen atoms in total. The van der Waals surface area contributed by atoms with E-state index in [4.69, 9.17) is 4.52 Å². The van der Waals surface area contributed by atoms with Crippen molar-refractivity contribution in [3.63, 3.8) is 0 Å². The van der Waals surface area contributed by atoms with Gasteiger partial charge in [-0.1, -0.05) is 0 Å². The molecule has 162 valence electrons. The van der Waals surface area contributed by atoms with Crippen LogP contribution in [0.1, 0.15) is 89.4 Å². The van der Waals surface area contributed by atoms with Crippen LogP contribution in [0, 0.1) is 3.57 Å². The van der Waals surface area contributed by atoms with E-state index in [0.717, 1.165) is 79.6 Å². The zero-order valence-corrected chi connectivity index (χ0v) is 21.4. The van der Waals surface area contributed by atoms with Crippen molar-refractivity contribution in [1.82, 2.24) is 0 Å². The first-order chi connectivity index (χ1) is 13.3. The first kappa shape index (κ1) is 25.7. The summed E-state index contributed by atoms with van der Waals surface area (Å²) in [6.45, 7) is 6.20. The van der Waals surface area contributed by atoms with Crippen LogP contribution in [0.5, 0.6) is 5.75 Å². The topological polar surface area (TPSA) is 46.5 Å². The van der Waals surface area contributed by atoms with E-state index in [1.54, 1.807) is 12.1 Å². The molecule has 0 aliphatic rings. The zero-order chi connectivity index (χ0) is 21.1. The van der Waals surface area contributed by atoms with Crippen molar-refractivity contribution in [3.05, 3.63) is 27.3 Å². The number of phenolic OH excluding ortho intramolecular Hbond substituents is 1. The van der Waals surface area contributed by atoms with Crippen molar-refractivity contribution in [2.24, 2.45) is 0 Å². The molecule has 0 fully saturated rings. The van der Waals surface area contributed by atoms with Gasteiger partial charge in [0.25, 0.3) is 0 Å². The van der Waals surface area contributed by atoms with Crippen molar-refractivity contribution in [2.45, 2.75) is 79.1 Å². The monoisotopic (exact) mass is 522 g/mol. The fourth-order valence-electron chi connectivity index (χ4n) is 4.04. The van der Waals surface area contributed by atoms with Crippen LogP contribution in [0.3, 0.4) is 0 Å². The maximum absolute atomic E-state index is 13.3. The Bertz CT molecular complexity index is 574. The normalized spacial score (nSPS) is 13.1. The Balaban J connectivity index is 3.40. The molecule has 0 atom stereocenters.